The predicted octanol–water partition coefficient (Wildman–Crippen LogP) is 2.99. The lowest BCUT2D eigenvalue weighted by Gasteiger charge is -2.22. The molecule has 1 aliphatic heterocycles. The molecule has 1 atom stereocenters. The van der Waals surface area contributed by atoms with Crippen molar-refractivity contribution >= 4 is 33.8 Å². The van der Waals surface area contributed by atoms with Gasteiger partial charge < -0.3 is 19.2 Å². The van der Waals surface area contributed by atoms with Crippen LogP contribution in [0.1, 0.15) is 48.2 Å². The molecule has 1 saturated heterocycles. The highest BCUT2D eigenvalue weighted by Crippen LogP contribution is 2.39. The molecule has 0 radical (unpaired) electrons. The molecule has 2 aliphatic rings. The van der Waals surface area contributed by atoms with Crippen LogP contribution in [0.25, 0.3) is 22.1 Å². The first-order valence-electron chi connectivity index (χ1n) is 9.81. The van der Waals surface area contributed by atoms with Gasteiger partial charge in [0.25, 0.3) is 11.7 Å². The van der Waals surface area contributed by atoms with Gasteiger partial charge in [0.1, 0.15) is 23.5 Å². The average Bonchev–Trinajstić information content (AvgIpc) is 3.16. The van der Waals surface area contributed by atoms with Gasteiger partial charge in [-0.1, -0.05) is 17.3 Å². The first-order valence-corrected chi connectivity index (χ1v) is 9.81. The number of anilines is 1. The van der Waals surface area contributed by atoms with Crippen LogP contribution in [-0.4, -0.2) is 38.6 Å². The summed E-state index contributed by atoms with van der Waals surface area (Å²) < 4.78 is 11.5. The van der Waals surface area contributed by atoms with E-state index in [9.17, 15) is 4.79 Å². The smallest absolute Gasteiger partial charge is 0.292 e. The lowest BCUT2D eigenvalue weighted by Crippen LogP contribution is -2.27. The fraction of sp³-hybridized carbons (Fsp3) is 0.350. The van der Waals surface area contributed by atoms with Crippen molar-refractivity contribution in [2.45, 2.75) is 37.8 Å². The van der Waals surface area contributed by atoms with Crippen molar-refractivity contribution in [1.82, 2.24) is 25.4 Å². The number of hydrogen-bond donors (Lipinski definition) is 1. The molecule has 0 spiro atoms. The maximum absolute atomic E-state index is 12.2. The standard InChI is InChI=1S/C20H18N6O3/c27-19(23-11-7-8-11)17-24-20(29-25-17)13-5-3-9-26(13)18-16-15(21-10-22-18)12-4-1-2-6-14(12)28-16/h1-2,4,6,10-11,13H,3,5,7-9H2,(H,23,27). The fourth-order valence-corrected chi connectivity index (χ4v) is 3.93. The largest absolute Gasteiger partial charge is 0.450 e. The molecule has 1 amide bonds. The minimum Gasteiger partial charge on any atom is -0.450 e. The highest BCUT2D eigenvalue weighted by Gasteiger charge is 2.35. The molecule has 9 nitrogen and oxygen atoms in total. The third-order valence-electron chi connectivity index (χ3n) is 5.51. The molecule has 1 aromatic carbocycles. The maximum Gasteiger partial charge on any atom is 0.292 e. The first kappa shape index (κ1) is 16.5. The van der Waals surface area contributed by atoms with Crippen molar-refractivity contribution in [3.8, 4) is 0 Å². The molecule has 4 aromatic rings. The van der Waals surface area contributed by atoms with Gasteiger partial charge in [-0.2, -0.15) is 4.98 Å². The molecule has 29 heavy (non-hydrogen) atoms. The molecule has 1 saturated carbocycles. The van der Waals surface area contributed by atoms with Crippen molar-refractivity contribution in [3.05, 3.63) is 42.3 Å². The Labute approximate surface area is 165 Å². The maximum atomic E-state index is 12.2. The number of rotatable bonds is 4. The van der Waals surface area contributed by atoms with Gasteiger partial charge in [0.05, 0.1) is 0 Å². The molecule has 3 aromatic heterocycles. The summed E-state index contributed by atoms with van der Waals surface area (Å²) in [5.41, 5.74) is 2.20. The summed E-state index contributed by atoms with van der Waals surface area (Å²) in [5, 5.41) is 7.73. The van der Waals surface area contributed by atoms with Gasteiger partial charge >= 0.3 is 0 Å². The quantitative estimate of drug-likeness (QED) is 0.566. The zero-order valence-corrected chi connectivity index (χ0v) is 15.5. The fourth-order valence-electron chi connectivity index (χ4n) is 3.93. The van der Waals surface area contributed by atoms with Crippen molar-refractivity contribution in [3.63, 3.8) is 0 Å². The van der Waals surface area contributed by atoms with E-state index in [1.54, 1.807) is 6.33 Å². The second-order valence-corrected chi connectivity index (χ2v) is 7.53. The minimum absolute atomic E-state index is 0.0790. The van der Waals surface area contributed by atoms with E-state index < -0.39 is 0 Å². The van der Waals surface area contributed by atoms with Crippen LogP contribution in [-0.2, 0) is 0 Å². The topological polar surface area (TPSA) is 110 Å². The van der Waals surface area contributed by atoms with E-state index in [1.807, 2.05) is 24.3 Å². The van der Waals surface area contributed by atoms with E-state index >= 15 is 0 Å². The molecule has 2 fully saturated rings. The van der Waals surface area contributed by atoms with Crippen LogP contribution in [0.15, 0.2) is 39.5 Å². The number of carbonyl (C=O) groups is 1. The van der Waals surface area contributed by atoms with Crippen LogP contribution in [0.4, 0.5) is 5.82 Å². The normalized spacial score (nSPS) is 19.3. The average molecular weight is 390 g/mol. The van der Waals surface area contributed by atoms with E-state index in [1.165, 1.54) is 0 Å². The summed E-state index contributed by atoms with van der Waals surface area (Å²) in [6.07, 6.45) is 5.35. The van der Waals surface area contributed by atoms with E-state index in [0.29, 0.717) is 17.3 Å². The Morgan fingerprint density at radius 1 is 1.17 bits per heavy atom. The van der Waals surface area contributed by atoms with Gasteiger partial charge in [-0.05, 0) is 37.8 Å². The summed E-state index contributed by atoms with van der Waals surface area (Å²) in [5.74, 6) is 0.922. The van der Waals surface area contributed by atoms with Crippen LogP contribution in [0.3, 0.4) is 0 Å². The van der Waals surface area contributed by atoms with Gasteiger partial charge in [0.15, 0.2) is 11.4 Å². The van der Waals surface area contributed by atoms with Crippen molar-refractivity contribution in [2.75, 3.05) is 11.4 Å². The van der Waals surface area contributed by atoms with Crippen LogP contribution in [0.5, 0.6) is 0 Å². The summed E-state index contributed by atoms with van der Waals surface area (Å²) in [4.78, 5) is 27.6. The number of nitrogens with zero attached hydrogens (tertiary/aromatic N) is 5. The van der Waals surface area contributed by atoms with Crippen molar-refractivity contribution < 1.29 is 13.7 Å². The Hall–Kier alpha value is -3.49. The van der Waals surface area contributed by atoms with E-state index in [-0.39, 0.29) is 23.8 Å². The predicted molar refractivity (Wildman–Crippen MR) is 103 cm³/mol. The zero-order valence-electron chi connectivity index (χ0n) is 15.5. The molecule has 1 unspecified atom stereocenters. The number of fused-ring (bicyclic) bond motifs is 3. The zero-order chi connectivity index (χ0) is 19.4. The molecule has 1 N–H and O–H groups in total. The van der Waals surface area contributed by atoms with Gasteiger partial charge in [-0.25, -0.2) is 9.97 Å². The van der Waals surface area contributed by atoms with Crippen molar-refractivity contribution in [2.24, 2.45) is 0 Å². The molecule has 0 bridgehead atoms. The number of hydrogen-bond acceptors (Lipinski definition) is 8. The molecular weight excluding hydrogens is 372 g/mol. The van der Waals surface area contributed by atoms with Crippen LogP contribution in [0, 0.1) is 0 Å². The number of aromatic nitrogens is 4. The number of furan rings is 1. The lowest BCUT2D eigenvalue weighted by molar-refractivity contribution is 0.0937. The van der Waals surface area contributed by atoms with E-state index in [2.05, 4.69) is 30.3 Å². The Bertz CT molecular complexity index is 1230. The molecule has 146 valence electrons. The van der Waals surface area contributed by atoms with E-state index in [0.717, 1.165) is 48.7 Å². The second-order valence-electron chi connectivity index (χ2n) is 7.53. The van der Waals surface area contributed by atoms with Crippen LogP contribution in [0.2, 0.25) is 0 Å². The summed E-state index contributed by atoms with van der Waals surface area (Å²) in [6.45, 7) is 0.778. The van der Waals surface area contributed by atoms with Crippen LogP contribution >= 0.6 is 0 Å². The SMILES string of the molecule is O=C(NC1CC1)c1noc(C2CCCN2c2ncnc3c2oc2ccccc23)n1. The Kier molecular flexibility index (Phi) is 3.56. The number of carbonyl (C=O) groups excluding carboxylic acids is 1. The third-order valence-corrected chi connectivity index (χ3v) is 5.51. The monoisotopic (exact) mass is 390 g/mol. The summed E-state index contributed by atoms with van der Waals surface area (Å²) >= 11 is 0. The molecule has 4 heterocycles. The number of amides is 1. The van der Waals surface area contributed by atoms with Gasteiger partial charge in [-0.3, -0.25) is 4.79 Å². The van der Waals surface area contributed by atoms with Gasteiger partial charge in [0, 0.05) is 18.0 Å². The molecule has 9 heteroatoms. The Balaban J connectivity index is 1.37. The summed E-state index contributed by atoms with van der Waals surface area (Å²) in [7, 11) is 0. The van der Waals surface area contributed by atoms with Crippen molar-refractivity contribution in [1.29, 1.82) is 0 Å². The summed E-state index contributed by atoms with van der Waals surface area (Å²) in [6, 6.07) is 7.90. The number of nitrogens with one attached hydrogen (secondary N) is 1. The number of para-hydroxylation sites is 1. The van der Waals surface area contributed by atoms with Gasteiger partial charge in [0.2, 0.25) is 5.89 Å². The molecule has 6 rings (SSSR count). The first-order chi connectivity index (χ1) is 14.3. The van der Waals surface area contributed by atoms with E-state index in [4.69, 9.17) is 8.94 Å². The van der Waals surface area contributed by atoms with Gasteiger partial charge in [-0.15, -0.1) is 0 Å². The Morgan fingerprint density at radius 3 is 2.97 bits per heavy atom. The van der Waals surface area contributed by atoms with Crippen LogP contribution < -0.4 is 10.2 Å². The number of benzene rings is 1. The molecule has 1 aliphatic carbocycles. The highest BCUT2D eigenvalue weighted by molar-refractivity contribution is 6.05. The molecular formula is C20H18N6O3. The lowest BCUT2D eigenvalue weighted by atomic mass is 10.2. The third kappa shape index (κ3) is 2.72. The highest BCUT2D eigenvalue weighted by atomic mass is 16.5. The minimum atomic E-state index is -0.284. The second kappa shape index (κ2) is 6.26. The Morgan fingerprint density at radius 2 is 2.07 bits per heavy atom.